The first-order chi connectivity index (χ1) is 8.66. The van der Waals surface area contributed by atoms with Crippen LogP contribution in [0.15, 0.2) is 35.4 Å². The van der Waals surface area contributed by atoms with Crippen molar-refractivity contribution in [1.29, 1.82) is 0 Å². The number of para-hydroxylation sites is 1. The third-order valence-corrected chi connectivity index (χ3v) is 4.17. The van der Waals surface area contributed by atoms with E-state index < -0.39 is 0 Å². The van der Waals surface area contributed by atoms with E-state index in [-0.39, 0.29) is 5.91 Å². The summed E-state index contributed by atoms with van der Waals surface area (Å²) >= 11 is 0. The Morgan fingerprint density at radius 1 is 1.28 bits per heavy atom. The highest BCUT2D eigenvalue weighted by Crippen LogP contribution is 2.37. The van der Waals surface area contributed by atoms with Crippen LogP contribution in [0.4, 0.5) is 5.69 Å². The lowest BCUT2D eigenvalue weighted by molar-refractivity contribution is -0.114. The van der Waals surface area contributed by atoms with Crippen LogP contribution < -0.4 is 4.90 Å². The molecule has 0 spiro atoms. The van der Waals surface area contributed by atoms with Gasteiger partial charge in [-0.05, 0) is 49.3 Å². The maximum absolute atomic E-state index is 12.5. The highest BCUT2D eigenvalue weighted by atomic mass is 16.2. The van der Waals surface area contributed by atoms with Gasteiger partial charge in [0.05, 0.1) is 0 Å². The number of carbonyl (C=O) groups is 1. The van der Waals surface area contributed by atoms with Crippen LogP contribution in [-0.2, 0) is 4.79 Å². The van der Waals surface area contributed by atoms with Crippen LogP contribution in [-0.4, -0.2) is 12.5 Å². The van der Waals surface area contributed by atoms with Gasteiger partial charge in [-0.3, -0.25) is 4.79 Å². The molecule has 0 bridgehead atoms. The van der Waals surface area contributed by atoms with Crippen LogP contribution in [0.5, 0.6) is 0 Å². The predicted octanol–water partition coefficient (Wildman–Crippen LogP) is 3.46. The normalized spacial score (nSPS) is 23.6. The molecule has 0 saturated carbocycles. The highest BCUT2D eigenvalue weighted by Gasteiger charge is 2.34. The van der Waals surface area contributed by atoms with E-state index in [1.807, 2.05) is 17.0 Å². The molecule has 2 nitrogen and oxygen atoms in total. The van der Waals surface area contributed by atoms with Gasteiger partial charge in [-0.25, -0.2) is 0 Å². The van der Waals surface area contributed by atoms with Crippen LogP contribution in [0, 0.1) is 12.8 Å². The lowest BCUT2D eigenvalue weighted by Gasteiger charge is -2.19. The number of carbonyl (C=O) groups excluding carboxylic acids is 1. The zero-order valence-electron chi connectivity index (χ0n) is 11.1. The molecule has 1 amide bonds. The molecule has 1 heterocycles. The molecular formula is C16H19NO. The Morgan fingerprint density at radius 3 is 2.83 bits per heavy atom. The second-order valence-corrected chi connectivity index (χ2v) is 5.61. The lowest BCUT2D eigenvalue weighted by Crippen LogP contribution is -2.27. The first kappa shape index (κ1) is 11.5. The van der Waals surface area contributed by atoms with E-state index in [1.165, 1.54) is 11.1 Å². The fraction of sp³-hybridized carbons (Fsp3) is 0.438. The molecule has 3 rings (SSSR count). The number of hydrogen-bond donors (Lipinski definition) is 0. The summed E-state index contributed by atoms with van der Waals surface area (Å²) in [5.41, 5.74) is 4.72. The van der Waals surface area contributed by atoms with Gasteiger partial charge in [0.2, 0.25) is 0 Å². The van der Waals surface area contributed by atoms with E-state index in [0.717, 1.165) is 43.0 Å². The lowest BCUT2D eigenvalue weighted by atomic mass is 9.86. The summed E-state index contributed by atoms with van der Waals surface area (Å²) in [5.74, 6) is 0.972. The fourth-order valence-corrected chi connectivity index (χ4v) is 3.12. The third-order valence-electron chi connectivity index (χ3n) is 4.17. The summed E-state index contributed by atoms with van der Waals surface area (Å²) in [6, 6.07) is 8.15. The largest absolute Gasteiger partial charge is 0.304 e. The molecule has 1 aliphatic heterocycles. The first-order valence-electron chi connectivity index (χ1n) is 6.75. The minimum Gasteiger partial charge on any atom is -0.304 e. The van der Waals surface area contributed by atoms with Crippen LogP contribution in [0.2, 0.25) is 0 Å². The molecule has 1 aromatic carbocycles. The molecule has 0 N–H and O–H groups in total. The number of hydrogen-bond acceptors (Lipinski definition) is 1. The molecule has 18 heavy (non-hydrogen) atoms. The van der Waals surface area contributed by atoms with Gasteiger partial charge in [-0.1, -0.05) is 25.1 Å². The summed E-state index contributed by atoms with van der Waals surface area (Å²) < 4.78 is 0. The zero-order valence-corrected chi connectivity index (χ0v) is 11.1. The molecular weight excluding hydrogens is 222 g/mol. The molecule has 1 unspecified atom stereocenters. The topological polar surface area (TPSA) is 20.3 Å². The smallest absolute Gasteiger partial charge is 0.254 e. The quantitative estimate of drug-likeness (QED) is 0.737. The van der Waals surface area contributed by atoms with Crippen molar-refractivity contribution >= 4 is 11.6 Å². The van der Waals surface area contributed by atoms with E-state index in [4.69, 9.17) is 0 Å². The number of nitrogens with zero attached hydrogens (tertiary/aromatic N) is 1. The Balaban J connectivity index is 1.92. The summed E-state index contributed by atoms with van der Waals surface area (Å²) in [7, 11) is 0. The summed E-state index contributed by atoms with van der Waals surface area (Å²) in [5, 5.41) is 0. The molecule has 1 aromatic rings. The van der Waals surface area contributed by atoms with E-state index in [0.29, 0.717) is 0 Å². The van der Waals surface area contributed by atoms with Crippen molar-refractivity contribution in [2.45, 2.75) is 33.1 Å². The minimum atomic E-state index is 0.242. The fourth-order valence-electron chi connectivity index (χ4n) is 3.12. The van der Waals surface area contributed by atoms with Crippen LogP contribution in [0.1, 0.15) is 31.7 Å². The zero-order chi connectivity index (χ0) is 12.7. The number of aryl methyl sites for hydroxylation is 1. The second-order valence-electron chi connectivity index (χ2n) is 5.61. The Kier molecular flexibility index (Phi) is 2.73. The summed E-state index contributed by atoms with van der Waals surface area (Å²) in [4.78, 5) is 14.4. The second kappa shape index (κ2) is 4.27. The van der Waals surface area contributed by atoms with Crippen molar-refractivity contribution in [3.63, 3.8) is 0 Å². The molecule has 0 fully saturated rings. The van der Waals surface area contributed by atoms with Gasteiger partial charge in [-0.2, -0.15) is 0 Å². The van der Waals surface area contributed by atoms with Crippen LogP contribution in [0.3, 0.4) is 0 Å². The number of benzene rings is 1. The van der Waals surface area contributed by atoms with E-state index in [9.17, 15) is 4.79 Å². The van der Waals surface area contributed by atoms with Gasteiger partial charge >= 0.3 is 0 Å². The molecule has 2 aliphatic rings. The number of amides is 1. The highest BCUT2D eigenvalue weighted by molar-refractivity contribution is 6.09. The predicted molar refractivity (Wildman–Crippen MR) is 73.6 cm³/mol. The maximum atomic E-state index is 12.5. The van der Waals surface area contributed by atoms with E-state index in [1.54, 1.807) is 0 Å². The monoisotopic (exact) mass is 241 g/mol. The third kappa shape index (κ3) is 1.76. The average Bonchev–Trinajstić information content (AvgIpc) is 2.67. The van der Waals surface area contributed by atoms with Crippen LogP contribution >= 0.6 is 0 Å². The first-order valence-corrected chi connectivity index (χ1v) is 6.75. The van der Waals surface area contributed by atoms with Gasteiger partial charge in [-0.15, -0.1) is 0 Å². The van der Waals surface area contributed by atoms with Crippen molar-refractivity contribution in [1.82, 2.24) is 0 Å². The standard InChI is InChI=1S/C16H19NO/c1-11-7-8-14-13(9-11)10-17(16(14)18)15-6-4-3-5-12(15)2/h3-6,11H,7-10H2,1-2H3. The van der Waals surface area contributed by atoms with Gasteiger partial charge in [0.15, 0.2) is 0 Å². The average molecular weight is 241 g/mol. The number of anilines is 1. The molecule has 1 aliphatic carbocycles. The molecule has 94 valence electrons. The SMILES string of the molecule is Cc1ccccc1N1CC2=C(CCC(C)C2)C1=O. The molecule has 0 saturated heterocycles. The summed E-state index contributed by atoms with van der Waals surface area (Å²) in [6.45, 7) is 5.16. The van der Waals surface area contributed by atoms with Gasteiger partial charge in [0.1, 0.15) is 0 Å². The Bertz CT molecular complexity index is 530. The maximum Gasteiger partial charge on any atom is 0.254 e. The van der Waals surface area contributed by atoms with Crippen molar-refractivity contribution < 1.29 is 4.79 Å². The van der Waals surface area contributed by atoms with Crippen molar-refractivity contribution in [2.24, 2.45) is 5.92 Å². The van der Waals surface area contributed by atoms with Crippen molar-refractivity contribution in [3.05, 3.63) is 41.0 Å². The number of rotatable bonds is 1. The van der Waals surface area contributed by atoms with Crippen molar-refractivity contribution in [3.8, 4) is 0 Å². The van der Waals surface area contributed by atoms with Crippen LogP contribution in [0.25, 0.3) is 0 Å². The van der Waals surface area contributed by atoms with Gasteiger partial charge < -0.3 is 4.90 Å². The molecule has 2 heteroatoms. The molecule has 0 aromatic heterocycles. The van der Waals surface area contributed by atoms with Gasteiger partial charge in [0, 0.05) is 17.8 Å². The van der Waals surface area contributed by atoms with Gasteiger partial charge in [0.25, 0.3) is 5.91 Å². The van der Waals surface area contributed by atoms with E-state index >= 15 is 0 Å². The summed E-state index contributed by atoms with van der Waals surface area (Å²) in [6.07, 6.45) is 3.23. The molecule has 1 atom stereocenters. The molecule has 0 radical (unpaired) electrons. The van der Waals surface area contributed by atoms with E-state index in [2.05, 4.69) is 26.0 Å². The Labute approximate surface area is 108 Å². The minimum absolute atomic E-state index is 0.242. The van der Waals surface area contributed by atoms with Crippen molar-refractivity contribution in [2.75, 3.05) is 11.4 Å². The Morgan fingerprint density at radius 2 is 2.06 bits per heavy atom. The Hall–Kier alpha value is -1.57.